The van der Waals surface area contributed by atoms with Crippen LogP contribution in [0.25, 0.3) is 0 Å². The van der Waals surface area contributed by atoms with Crippen molar-refractivity contribution >= 4 is 27.1 Å². The fraction of sp³-hybridized carbons (Fsp3) is 0.462. The highest BCUT2D eigenvalue weighted by atomic mass is 35.5. The quantitative estimate of drug-likeness (QED) is 0.906. The Morgan fingerprint density at radius 1 is 1.47 bits per heavy atom. The summed E-state index contributed by atoms with van der Waals surface area (Å²) in [6.07, 6.45) is 3.03. The van der Waals surface area contributed by atoms with Crippen molar-refractivity contribution in [3.05, 3.63) is 28.8 Å². The smallest absolute Gasteiger partial charge is 0.148 e. The van der Waals surface area contributed by atoms with Crippen LogP contribution in [0.2, 0.25) is 5.02 Å². The average molecular weight is 299 g/mol. The highest BCUT2D eigenvalue weighted by Gasteiger charge is 2.45. The van der Waals surface area contributed by atoms with Gasteiger partial charge in [-0.1, -0.05) is 17.7 Å². The fourth-order valence-corrected chi connectivity index (χ4v) is 3.92. The second-order valence-electron chi connectivity index (χ2n) is 5.20. The van der Waals surface area contributed by atoms with Crippen molar-refractivity contribution in [3.63, 3.8) is 0 Å². The normalized spacial score (nSPS) is 16.7. The van der Waals surface area contributed by atoms with Gasteiger partial charge in [-0.3, -0.25) is 0 Å². The van der Waals surface area contributed by atoms with E-state index >= 15 is 0 Å². The minimum Gasteiger partial charge on any atom is -0.382 e. The third-order valence-corrected chi connectivity index (χ3v) is 4.75. The Bertz CT molecular complexity index is 631. The molecule has 1 aliphatic rings. The van der Waals surface area contributed by atoms with Crippen LogP contribution >= 0.6 is 11.6 Å². The minimum absolute atomic E-state index is 0.180. The minimum atomic E-state index is -2.99. The molecule has 1 aromatic carbocycles. The molecule has 0 heterocycles. The number of nitriles is 1. The van der Waals surface area contributed by atoms with Crippen LogP contribution in [-0.4, -0.2) is 27.0 Å². The Morgan fingerprint density at radius 3 is 2.68 bits per heavy atom. The molecule has 0 saturated heterocycles. The molecule has 102 valence electrons. The van der Waals surface area contributed by atoms with Gasteiger partial charge in [0.1, 0.15) is 15.9 Å². The number of nitrogens with zero attached hydrogens (tertiary/aromatic N) is 1. The number of benzene rings is 1. The number of halogens is 1. The average Bonchev–Trinajstić information content (AvgIpc) is 3.05. The summed E-state index contributed by atoms with van der Waals surface area (Å²) in [4.78, 5) is 0. The Balaban J connectivity index is 2.10. The Hall–Kier alpha value is -1.25. The number of anilines is 1. The summed E-state index contributed by atoms with van der Waals surface area (Å²) in [5.41, 5.74) is 0.869. The number of para-hydroxylation sites is 1. The molecule has 0 aliphatic heterocycles. The van der Waals surface area contributed by atoms with Gasteiger partial charge in [-0.2, -0.15) is 5.26 Å². The van der Waals surface area contributed by atoms with Crippen LogP contribution in [0.3, 0.4) is 0 Å². The van der Waals surface area contributed by atoms with Gasteiger partial charge in [-0.15, -0.1) is 0 Å². The topological polar surface area (TPSA) is 70.0 Å². The van der Waals surface area contributed by atoms with Crippen molar-refractivity contribution in [2.45, 2.75) is 12.8 Å². The van der Waals surface area contributed by atoms with Crippen LogP contribution in [0.1, 0.15) is 18.4 Å². The zero-order valence-electron chi connectivity index (χ0n) is 10.6. The van der Waals surface area contributed by atoms with Crippen LogP contribution in [0.4, 0.5) is 5.69 Å². The van der Waals surface area contributed by atoms with Gasteiger partial charge < -0.3 is 5.32 Å². The molecule has 0 amide bonds. The molecular weight excluding hydrogens is 284 g/mol. The third kappa shape index (κ3) is 3.62. The standard InChI is InChI=1S/C13H15ClN2O2S/c1-19(17,18)9-13(5-6-13)8-16-12-10(7-15)3-2-4-11(12)14/h2-4,16H,5-6,8-9H2,1H3. The van der Waals surface area contributed by atoms with E-state index < -0.39 is 9.84 Å². The number of hydrogen-bond donors (Lipinski definition) is 1. The molecule has 0 radical (unpaired) electrons. The zero-order valence-corrected chi connectivity index (χ0v) is 12.2. The second-order valence-corrected chi connectivity index (χ2v) is 7.75. The van der Waals surface area contributed by atoms with Crippen molar-refractivity contribution in [2.75, 3.05) is 23.9 Å². The van der Waals surface area contributed by atoms with E-state index in [2.05, 4.69) is 11.4 Å². The van der Waals surface area contributed by atoms with Gasteiger partial charge in [0.15, 0.2) is 0 Å². The summed E-state index contributed by atoms with van der Waals surface area (Å²) >= 11 is 6.06. The molecule has 0 bridgehead atoms. The first-order valence-corrected chi connectivity index (χ1v) is 8.39. The molecule has 4 nitrogen and oxygen atoms in total. The van der Waals surface area contributed by atoms with Gasteiger partial charge in [0.2, 0.25) is 0 Å². The highest BCUT2D eigenvalue weighted by molar-refractivity contribution is 7.90. The van der Waals surface area contributed by atoms with Gasteiger partial charge in [0.25, 0.3) is 0 Å². The van der Waals surface area contributed by atoms with E-state index in [1.807, 2.05) is 0 Å². The monoisotopic (exact) mass is 298 g/mol. The molecule has 0 atom stereocenters. The molecule has 0 unspecified atom stereocenters. The summed E-state index contributed by atoms with van der Waals surface area (Å²) in [5.74, 6) is 0.180. The highest BCUT2D eigenvalue weighted by Crippen LogP contribution is 2.47. The lowest BCUT2D eigenvalue weighted by Gasteiger charge is -2.17. The van der Waals surface area contributed by atoms with Crippen LogP contribution in [0.5, 0.6) is 0 Å². The van der Waals surface area contributed by atoms with E-state index in [0.29, 0.717) is 22.8 Å². The molecule has 0 spiro atoms. The van der Waals surface area contributed by atoms with Crippen molar-refractivity contribution < 1.29 is 8.42 Å². The van der Waals surface area contributed by atoms with Crippen molar-refractivity contribution in [3.8, 4) is 6.07 Å². The second kappa shape index (κ2) is 5.03. The molecule has 1 N–H and O–H groups in total. The van der Waals surface area contributed by atoms with E-state index in [-0.39, 0.29) is 11.2 Å². The molecular formula is C13H15ClN2O2S. The molecule has 6 heteroatoms. The summed E-state index contributed by atoms with van der Waals surface area (Å²) in [6.45, 7) is 0.526. The van der Waals surface area contributed by atoms with Gasteiger partial charge in [-0.05, 0) is 25.0 Å². The van der Waals surface area contributed by atoms with E-state index in [1.54, 1.807) is 18.2 Å². The Labute approximate surface area is 118 Å². The molecule has 2 rings (SSSR count). The molecule has 19 heavy (non-hydrogen) atoms. The first-order valence-electron chi connectivity index (χ1n) is 5.95. The summed E-state index contributed by atoms with van der Waals surface area (Å²) < 4.78 is 22.8. The molecule has 1 fully saturated rings. The van der Waals surface area contributed by atoms with E-state index in [0.717, 1.165) is 12.8 Å². The largest absolute Gasteiger partial charge is 0.382 e. The predicted molar refractivity (Wildman–Crippen MR) is 76.0 cm³/mol. The Morgan fingerprint density at radius 2 is 2.16 bits per heavy atom. The van der Waals surface area contributed by atoms with Gasteiger partial charge in [0.05, 0.1) is 22.0 Å². The third-order valence-electron chi connectivity index (χ3n) is 3.30. The molecule has 1 aromatic rings. The maximum atomic E-state index is 11.4. The summed E-state index contributed by atoms with van der Waals surface area (Å²) in [6, 6.07) is 7.19. The van der Waals surface area contributed by atoms with Crippen LogP contribution in [0, 0.1) is 16.7 Å². The lowest BCUT2D eigenvalue weighted by molar-refractivity contribution is 0.561. The van der Waals surface area contributed by atoms with Crippen LogP contribution < -0.4 is 5.32 Å². The maximum Gasteiger partial charge on any atom is 0.148 e. The lowest BCUT2D eigenvalue weighted by Crippen LogP contribution is -2.24. The van der Waals surface area contributed by atoms with E-state index in [4.69, 9.17) is 16.9 Å². The Kier molecular flexibility index (Phi) is 3.75. The number of rotatable bonds is 5. The van der Waals surface area contributed by atoms with Crippen molar-refractivity contribution in [1.29, 1.82) is 5.26 Å². The molecule has 1 saturated carbocycles. The summed E-state index contributed by atoms with van der Waals surface area (Å²) in [7, 11) is -2.99. The first-order chi connectivity index (χ1) is 8.85. The van der Waals surface area contributed by atoms with E-state index in [1.165, 1.54) is 6.26 Å². The van der Waals surface area contributed by atoms with Gasteiger partial charge in [0, 0.05) is 18.2 Å². The molecule has 1 aliphatic carbocycles. The van der Waals surface area contributed by atoms with E-state index in [9.17, 15) is 8.42 Å². The lowest BCUT2D eigenvalue weighted by atomic mass is 10.1. The van der Waals surface area contributed by atoms with Crippen molar-refractivity contribution in [1.82, 2.24) is 0 Å². The summed E-state index contributed by atoms with van der Waals surface area (Å²) in [5, 5.41) is 12.6. The predicted octanol–water partition coefficient (Wildman–Crippen LogP) is 2.45. The van der Waals surface area contributed by atoms with Crippen molar-refractivity contribution in [2.24, 2.45) is 5.41 Å². The fourth-order valence-electron chi connectivity index (χ4n) is 2.18. The number of hydrogen-bond acceptors (Lipinski definition) is 4. The SMILES string of the molecule is CS(=O)(=O)CC1(CNc2c(Cl)cccc2C#N)CC1. The zero-order chi connectivity index (χ0) is 14.1. The molecule has 0 aromatic heterocycles. The van der Waals surface area contributed by atoms with Crippen LogP contribution in [0.15, 0.2) is 18.2 Å². The van der Waals surface area contributed by atoms with Gasteiger partial charge in [-0.25, -0.2) is 8.42 Å². The first kappa shape index (κ1) is 14.2. The number of sulfone groups is 1. The van der Waals surface area contributed by atoms with Gasteiger partial charge >= 0.3 is 0 Å². The van der Waals surface area contributed by atoms with Crippen LogP contribution in [-0.2, 0) is 9.84 Å². The number of nitrogens with one attached hydrogen (secondary N) is 1. The maximum absolute atomic E-state index is 11.4.